The van der Waals surface area contributed by atoms with E-state index in [9.17, 15) is 0 Å². The number of aryl methyl sites for hydroxylation is 2. The van der Waals surface area contributed by atoms with Crippen LogP contribution in [-0.2, 0) is 13.0 Å². The highest BCUT2D eigenvalue weighted by molar-refractivity contribution is 6.30. The van der Waals surface area contributed by atoms with E-state index in [1.807, 2.05) is 59.4 Å². The first-order valence-electron chi connectivity index (χ1n) is 6.80. The number of benzene rings is 2. The van der Waals surface area contributed by atoms with Gasteiger partial charge in [0, 0.05) is 24.0 Å². The first-order chi connectivity index (χ1) is 10.3. The molecule has 1 heterocycles. The van der Waals surface area contributed by atoms with Crippen LogP contribution in [0.15, 0.2) is 67.0 Å². The maximum absolute atomic E-state index is 5.95. The Labute approximate surface area is 128 Å². The number of rotatable bonds is 5. The van der Waals surface area contributed by atoms with Crippen molar-refractivity contribution in [3.8, 4) is 11.5 Å². The molecule has 21 heavy (non-hydrogen) atoms. The van der Waals surface area contributed by atoms with Gasteiger partial charge in [-0.05, 0) is 48.4 Å². The summed E-state index contributed by atoms with van der Waals surface area (Å²) in [6, 6.07) is 17.4. The van der Waals surface area contributed by atoms with Gasteiger partial charge in [-0.15, -0.1) is 0 Å². The largest absolute Gasteiger partial charge is 0.457 e. The van der Waals surface area contributed by atoms with Crippen molar-refractivity contribution >= 4 is 11.6 Å². The number of hydrogen-bond donors (Lipinski definition) is 0. The molecule has 0 unspecified atom stereocenters. The van der Waals surface area contributed by atoms with Crippen molar-refractivity contribution in [3.05, 3.63) is 77.6 Å². The summed E-state index contributed by atoms with van der Waals surface area (Å²) in [6.07, 6.45) is 4.62. The molecule has 0 saturated carbocycles. The van der Waals surface area contributed by atoms with Gasteiger partial charge in [0.25, 0.3) is 0 Å². The van der Waals surface area contributed by atoms with E-state index >= 15 is 0 Å². The smallest absolute Gasteiger partial charge is 0.130 e. The third-order valence-electron chi connectivity index (χ3n) is 3.18. The standard InChI is InChI=1S/C17H15ClN2O/c18-15-6-8-16(9-7-15)21-17-5-2-1-4-14(17)10-13-20-12-3-11-19-20/h1-9,11-12H,10,13H2. The molecule has 0 atom stereocenters. The SMILES string of the molecule is Clc1ccc(Oc2ccccc2CCn2cccn2)cc1. The van der Waals surface area contributed by atoms with Crippen LogP contribution in [0.1, 0.15) is 5.56 Å². The Hall–Kier alpha value is -2.26. The molecule has 0 radical (unpaired) electrons. The van der Waals surface area contributed by atoms with Crippen LogP contribution in [0.4, 0.5) is 0 Å². The predicted octanol–water partition coefficient (Wildman–Crippen LogP) is 4.57. The summed E-state index contributed by atoms with van der Waals surface area (Å²) in [6.45, 7) is 0.827. The van der Waals surface area contributed by atoms with Gasteiger partial charge >= 0.3 is 0 Å². The van der Waals surface area contributed by atoms with Crippen molar-refractivity contribution in [1.29, 1.82) is 0 Å². The Morgan fingerprint density at radius 3 is 2.57 bits per heavy atom. The number of ether oxygens (including phenoxy) is 1. The van der Waals surface area contributed by atoms with Gasteiger partial charge in [-0.1, -0.05) is 29.8 Å². The van der Waals surface area contributed by atoms with Crippen molar-refractivity contribution < 1.29 is 4.74 Å². The average molecular weight is 299 g/mol. The lowest BCUT2D eigenvalue weighted by Gasteiger charge is -2.11. The van der Waals surface area contributed by atoms with E-state index < -0.39 is 0 Å². The Morgan fingerprint density at radius 2 is 1.81 bits per heavy atom. The van der Waals surface area contributed by atoms with E-state index in [1.165, 1.54) is 0 Å². The lowest BCUT2D eigenvalue weighted by Crippen LogP contribution is -2.02. The number of halogens is 1. The molecule has 106 valence electrons. The van der Waals surface area contributed by atoms with Gasteiger partial charge in [-0.2, -0.15) is 5.10 Å². The summed E-state index contributed by atoms with van der Waals surface area (Å²) in [5.74, 6) is 1.65. The first-order valence-corrected chi connectivity index (χ1v) is 7.18. The molecule has 4 heteroatoms. The normalized spacial score (nSPS) is 10.5. The van der Waals surface area contributed by atoms with E-state index in [0.717, 1.165) is 30.0 Å². The minimum Gasteiger partial charge on any atom is -0.457 e. The molecular formula is C17H15ClN2O. The van der Waals surface area contributed by atoms with Crippen molar-refractivity contribution in [2.45, 2.75) is 13.0 Å². The fourth-order valence-corrected chi connectivity index (χ4v) is 2.23. The second kappa shape index (κ2) is 6.46. The Morgan fingerprint density at radius 1 is 1.00 bits per heavy atom. The van der Waals surface area contributed by atoms with E-state index in [2.05, 4.69) is 11.2 Å². The summed E-state index contributed by atoms with van der Waals surface area (Å²) in [5, 5.41) is 4.92. The Bertz CT molecular complexity index is 693. The summed E-state index contributed by atoms with van der Waals surface area (Å²) in [4.78, 5) is 0. The van der Waals surface area contributed by atoms with Crippen LogP contribution in [0.5, 0.6) is 11.5 Å². The molecular weight excluding hydrogens is 284 g/mol. The highest BCUT2D eigenvalue weighted by Gasteiger charge is 2.05. The van der Waals surface area contributed by atoms with Crippen LogP contribution in [0.25, 0.3) is 0 Å². The molecule has 0 aliphatic heterocycles. The van der Waals surface area contributed by atoms with Gasteiger partial charge in [-0.25, -0.2) is 0 Å². The molecule has 0 N–H and O–H groups in total. The highest BCUT2D eigenvalue weighted by atomic mass is 35.5. The molecule has 0 amide bonds. The third kappa shape index (κ3) is 3.64. The highest BCUT2D eigenvalue weighted by Crippen LogP contribution is 2.26. The van der Waals surface area contributed by atoms with E-state index in [-0.39, 0.29) is 0 Å². The molecule has 0 saturated heterocycles. The molecule has 0 aliphatic carbocycles. The van der Waals surface area contributed by atoms with Gasteiger partial charge in [0.15, 0.2) is 0 Å². The first kappa shape index (κ1) is 13.7. The maximum Gasteiger partial charge on any atom is 0.130 e. The summed E-state index contributed by atoms with van der Waals surface area (Å²) in [5.41, 5.74) is 1.16. The monoisotopic (exact) mass is 298 g/mol. The Kier molecular flexibility index (Phi) is 4.22. The molecule has 3 aromatic rings. The second-order valence-electron chi connectivity index (χ2n) is 4.68. The molecule has 0 spiro atoms. The topological polar surface area (TPSA) is 27.1 Å². The predicted molar refractivity (Wildman–Crippen MR) is 83.9 cm³/mol. The minimum absolute atomic E-state index is 0.703. The van der Waals surface area contributed by atoms with Crippen molar-refractivity contribution in [2.75, 3.05) is 0 Å². The van der Waals surface area contributed by atoms with Gasteiger partial charge in [0.1, 0.15) is 11.5 Å². The van der Waals surface area contributed by atoms with Crippen LogP contribution in [0.2, 0.25) is 5.02 Å². The summed E-state index contributed by atoms with van der Waals surface area (Å²) in [7, 11) is 0. The van der Waals surface area contributed by atoms with E-state index in [1.54, 1.807) is 6.20 Å². The van der Waals surface area contributed by atoms with Gasteiger partial charge in [0.2, 0.25) is 0 Å². The Balaban J connectivity index is 1.74. The van der Waals surface area contributed by atoms with Crippen LogP contribution >= 0.6 is 11.6 Å². The third-order valence-corrected chi connectivity index (χ3v) is 3.44. The average Bonchev–Trinajstić information content (AvgIpc) is 3.02. The molecule has 1 aromatic heterocycles. The zero-order valence-corrected chi connectivity index (χ0v) is 12.2. The maximum atomic E-state index is 5.95. The van der Waals surface area contributed by atoms with Crippen molar-refractivity contribution in [1.82, 2.24) is 9.78 Å². The fourth-order valence-electron chi connectivity index (χ4n) is 2.11. The summed E-state index contributed by atoms with van der Waals surface area (Å²) >= 11 is 5.89. The molecule has 3 rings (SSSR count). The van der Waals surface area contributed by atoms with Crippen molar-refractivity contribution in [3.63, 3.8) is 0 Å². The lowest BCUT2D eigenvalue weighted by atomic mass is 10.1. The van der Waals surface area contributed by atoms with Crippen LogP contribution in [-0.4, -0.2) is 9.78 Å². The van der Waals surface area contributed by atoms with Crippen LogP contribution in [0, 0.1) is 0 Å². The summed E-state index contributed by atoms with van der Waals surface area (Å²) < 4.78 is 7.86. The number of nitrogens with zero attached hydrogens (tertiary/aromatic N) is 2. The minimum atomic E-state index is 0.703. The number of hydrogen-bond acceptors (Lipinski definition) is 2. The van der Waals surface area contributed by atoms with Crippen LogP contribution < -0.4 is 4.74 Å². The molecule has 2 aromatic carbocycles. The van der Waals surface area contributed by atoms with Gasteiger partial charge in [0.05, 0.1) is 0 Å². The molecule has 0 aliphatic rings. The van der Waals surface area contributed by atoms with Crippen LogP contribution in [0.3, 0.4) is 0 Å². The van der Waals surface area contributed by atoms with E-state index in [0.29, 0.717) is 5.02 Å². The second-order valence-corrected chi connectivity index (χ2v) is 5.12. The molecule has 0 bridgehead atoms. The zero-order chi connectivity index (χ0) is 14.5. The quantitative estimate of drug-likeness (QED) is 0.690. The van der Waals surface area contributed by atoms with E-state index in [4.69, 9.17) is 16.3 Å². The zero-order valence-electron chi connectivity index (χ0n) is 11.4. The van der Waals surface area contributed by atoms with Gasteiger partial charge < -0.3 is 4.74 Å². The lowest BCUT2D eigenvalue weighted by molar-refractivity contribution is 0.472. The van der Waals surface area contributed by atoms with Gasteiger partial charge in [-0.3, -0.25) is 4.68 Å². The van der Waals surface area contributed by atoms with Crippen molar-refractivity contribution in [2.24, 2.45) is 0 Å². The number of aromatic nitrogens is 2. The molecule has 0 fully saturated rings. The fraction of sp³-hybridized carbons (Fsp3) is 0.118. The number of para-hydroxylation sites is 1. The molecule has 3 nitrogen and oxygen atoms in total.